The number of amides is 2. The average molecular weight is 511 g/mol. The minimum Gasteiger partial charge on any atom is -0.350 e. The molecule has 0 aliphatic heterocycles. The fourth-order valence-electron chi connectivity index (χ4n) is 2.76. The molecule has 0 saturated heterocycles. The van der Waals surface area contributed by atoms with Crippen LogP contribution < -0.4 is 10.6 Å². The van der Waals surface area contributed by atoms with Crippen molar-refractivity contribution in [2.45, 2.75) is 26.8 Å². The molecule has 0 aliphatic carbocycles. The summed E-state index contributed by atoms with van der Waals surface area (Å²) >= 11 is 15.7. The molecule has 0 radical (unpaired) electrons. The maximum Gasteiger partial charge on any atom is 0.276 e. The summed E-state index contributed by atoms with van der Waals surface area (Å²) in [5.41, 5.74) is 1.40. The smallest absolute Gasteiger partial charge is 0.276 e. The van der Waals surface area contributed by atoms with Crippen LogP contribution in [-0.2, 0) is 0 Å². The fraction of sp³-hybridized carbons (Fsp3) is 0.200. The van der Waals surface area contributed by atoms with E-state index in [0.717, 1.165) is 0 Å². The third-order valence-corrected chi connectivity index (χ3v) is 5.12. The van der Waals surface area contributed by atoms with Gasteiger partial charge in [0.15, 0.2) is 11.5 Å². The van der Waals surface area contributed by atoms with Gasteiger partial charge in [-0.3, -0.25) is 9.59 Å². The minimum atomic E-state index is -0.495. The highest BCUT2D eigenvalue weighted by Crippen LogP contribution is 2.27. The molecule has 0 bridgehead atoms. The highest BCUT2D eigenvalue weighted by atomic mass is 79.9. The van der Waals surface area contributed by atoms with Crippen LogP contribution in [-0.4, -0.2) is 32.6 Å². The number of hydrogen-bond donors (Lipinski definition) is 2. The normalized spacial score (nSPS) is 10.9. The first-order valence-electron chi connectivity index (χ1n) is 8.96. The third-order valence-electron chi connectivity index (χ3n) is 4.04. The van der Waals surface area contributed by atoms with E-state index in [-0.39, 0.29) is 23.2 Å². The topological polar surface area (TPSA) is 88.9 Å². The zero-order valence-electron chi connectivity index (χ0n) is 16.3. The lowest BCUT2D eigenvalue weighted by Crippen LogP contribution is -2.31. The van der Waals surface area contributed by atoms with Crippen LogP contribution >= 0.6 is 39.1 Å². The minimum absolute atomic E-state index is 0.0740. The average Bonchev–Trinajstić information content (AvgIpc) is 3.05. The molecule has 0 unspecified atom stereocenters. The number of nitrogens with one attached hydrogen (secondary N) is 2. The Hall–Kier alpha value is -2.42. The largest absolute Gasteiger partial charge is 0.350 e. The van der Waals surface area contributed by atoms with Gasteiger partial charge in [-0.25, -0.2) is 9.67 Å². The Morgan fingerprint density at radius 1 is 1.17 bits per heavy atom. The van der Waals surface area contributed by atoms with Gasteiger partial charge in [0.2, 0.25) is 0 Å². The summed E-state index contributed by atoms with van der Waals surface area (Å²) in [5.74, 6) is -0.451. The predicted molar refractivity (Wildman–Crippen MR) is 121 cm³/mol. The monoisotopic (exact) mass is 509 g/mol. The van der Waals surface area contributed by atoms with Gasteiger partial charge in [0.25, 0.3) is 11.8 Å². The Morgan fingerprint density at radius 2 is 1.90 bits per heavy atom. The number of hydrogen-bond acceptors (Lipinski definition) is 4. The Morgan fingerprint density at radius 3 is 2.57 bits per heavy atom. The summed E-state index contributed by atoms with van der Waals surface area (Å²) in [4.78, 5) is 29.7. The summed E-state index contributed by atoms with van der Waals surface area (Å²) in [5, 5.41) is 10.7. The molecule has 2 N–H and O–H groups in total. The third kappa shape index (κ3) is 4.83. The molecule has 1 aromatic carbocycles. The first-order chi connectivity index (χ1) is 14.2. The van der Waals surface area contributed by atoms with Crippen molar-refractivity contribution in [3.05, 3.63) is 68.0 Å². The van der Waals surface area contributed by atoms with Crippen molar-refractivity contribution in [1.82, 2.24) is 20.1 Å². The van der Waals surface area contributed by atoms with Crippen LogP contribution in [0.3, 0.4) is 0 Å². The molecule has 0 aliphatic rings. The van der Waals surface area contributed by atoms with Gasteiger partial charge in [-0.05, 0) is 66.5 Å². The summed E-state index contributed by atoms with van der Waals surface area (Å²) in [7, 11) is 0. The first kappa shape index (κ1) is 22.3. The van der Waals surface area contributed by atoms with Gasteiger partial charge >= 0.3 is 0 Å². The lowest BCUT2D eigenvalue weighted by atomic mass is 10.1. The highest BCUT2D eigenvalue weighted by Gasteiger charge is 2.21. The first-order valence-corrected chi connectivity index (χ1v) is 10.5. The summed E-state index contributed by atoms with van der Waals surface area (Å²) in [6, 6.07) is 8.03. The molecule has 3 aromatic rings. The van der Waals surface area contributed by atoms with Gasteiger partial charge in [-0.1, -0.05) is 23.2 Å². The maximum absolute atomic E-state index is 12.9. The lowest BCUT2D eigenvalue weighted by molar-refractivity contribution is 0.0944. The summed E-state index contributed by atoms with van der Waals surface area (Å²) in [6.45, 7) is 5.46. The quantitative estimate of drug-likeness (QED) is 0.503. The molecule has 7 nitrogen and oxygen atoms in total. The molecule has 30 heavy (non-hydrogen) atoms. The van der Waals surface area contributed by atoms with Crippen LogP contribution in [0.25, 0.3) is 5.82 Å². The van der Waals surface area contributed by atoms with Crippen molar-refractivity contribution >= 4 is 56.6 Å². The van der Waals surface area contributed by atoms with E-state index in [9.17, 15) is 9.59 Å². The van der Waals surface area contributed by atoms with Crippen LogP contribution in [0, 0.1) is 6.92 Å². The number of aryl methyl sites for hydroxylation is 1. The number of carbonyl (C=O) groups excluding carboxylic acids is 2. The standard InChI is InChI=1S/C20H18BrCl2N5O2/c1-10(2)25-19(29)13-8-12(22)7-11(3)17(13)26-20(30)15-9-16(21)28(27-15)18-14(23)5-4-6-24-18/h4-10H,1-3H3,(H,25,29)(H,26,30). The van der Waals surface area contributed by atoms with Crippen molar-refractivity contribution < 1.29 is 9.59 Å². The molecule has 0 spiro atoms. The molecule has 156 valence electrons. The van der Waals surface area contributed by atoms with Crippen LogP contribution in [0.4, 0.5) is 5.69 Å². The Balaban J connectivity index is 1.95. The van der Waals surface area contributed by atoms with Crippen molar-refractivity contribution in [2.75, 3.05) is 5.32 Å². The number of carbonyl (C=O) groups is 2. The zero-order valence-corrected chi connectivity index (χ0v) is 19.4. The van der Waals surface area contributed by atoms with Gasteiger partial charge in [0, 0.05) is 23.3 Å². The second-order valence-corrected chi connectivity index (χ2v) is 8.46. The fourth-order valence-corrected chi connectivity index (χ4v) is 3.70. The van der Waals surface area contributed by atoms with Crippen LogP contribution in [0.1, 0.15) is 40.3 Å². The molecule has 0 fully saturated rings. The lowest BCUT2D eigenvalue weighted by Gasteiger charge is -2.15. The number of halogens is 3. The molecule has 0 atom stereocenters. The number of anilines is 1. The van der Waals surface area contributed by atoms with Crippen molar-refractivity contribution in [3.63, 3.8) is 0 Å². The predicted octanol–water partition coefficient (Wildman–Crippen LogP) is 5.04. The molecule has 2 amide bonds. The van der Waals surface area contributed by atoms with Gasteiger partial charge in [-0.2, -0.15) is 5.10 Å². The molecule has 10 heteroatoms. The van der Waals surface area contributed by atoms with Crippen molar-refractivity contribution in [3.8, 4) is 5.82 Å². The van der Waals surface area contributed by atoms with E-state index in [1.54, 1.807) is 37.4 Å². The van der Waals surface area contributed by atoms with Crippen LogP contribution in [0.15, 0.2) is 41.1 Å². The molecule has 2 aromatic heterocycles. The highest BCUT2D eigenvalue weighted by molar-refractivity contribution is 9.10. The van der Waals surface area contributed by atoms with Crippen molar-refractivity contribution in [1.29, 1.82) is 0 Å². The Labute approximate surface area is 191 Å². The Kier molecular flexibility index (Phi) is 6.80. The van der Waals surface area contributed by atoms with Crippen LogP contribution in [0.2, 0.25) is 10.0 Å². The molecular weight excluding hydrogens is 493 g/mol. The summed E-state index contributed by atoms with van der Waals surface area (Å²) < 4.78 is 1.91. The van der Waals surface area contributed by atoms with E-state index in [0.29, 0.717) is 31.7 Å². The van der Waals surface area contributed by atoms with E-state index in [1.807, 2.05) is 13.8 Å². The van der Waals surface area contributed by atoms with E-state index in [2.05, 4.69) is 36.6 Å². The second kappa shape index (κ2) is 9.16. The van der Waals surface area contributed by atoms with Crippen molar-refractivity contribution in [2.24, 2.45) is 0 Å². The van der Waals surface area contributed by atoms with Gasteiger partial charge < -0.3 is 10.6 Å². The summed E-state index contributed by atoms with van der Waals surface area (Å²) in [6.07, 6.45) is 1.58. The zero-order chi connectivity index (χ0) is 22.0. The number of benzene rings is 1. The van der Waals surface area contributed by atoms with E-state index in [4.69, 9.17) is 23.2 Å². The second-order valence-electron chi connectivity index (χ2n) is 6.80. The maximum atomic E-state index is 12.9. The number of nitrogens with zero attached hydrogens (tertiary/aromatic N) is 3. The van der Waals surface area contributed by atoms with Gasteiger partial charge in [0.05, 0.1) is 16.3 Å². The SMILES string of the molecule is Cc1cc(Cl)cc(C(=O)NC(C)C)c1NC(=O)c1cc(Br)n(-c2ncccc2Cl)n1. The molecular formula is C20H18BrCl2N5O2. The Bertz CT molecular complexity index is 1130. The molecule has 2 heterocycles. The van der Waals surface area contributed by atoms with E-state index < -0.39 is 5.91 Å². The molecule has 3 rings (SSSR count). The number of aromatic nitrogens is 3. The van der Waals surface area contributed by atoms with Gasteiger partial charge in [-0.15, -0.1) is 0 Å². The van der Waals surface area contributed by atoms with E-state index >= 15 is 0 Å². The molecule has 0 saturated carbocycles. The van der Waals surface area contributed by atoms with Crippen LogP contribution in [0.5, 0.6) is 0 Å². The number of rotatable bonds is 5. The van der Waals surface area contributed by atoms with E-state index in [1.165, 1.54) is 10.7 Å². The van der Waals surface area contributed by atoms with Gasteiger partial charge in [0.1, 0.15) is 4.60 Å². The number of pyridine rings is 1.